The van der Waals surface area contributed by atoms with Crippen LogP contribution in [0.1, 0.15) is 26.9 Å². The number of rotatable bonds is 5. The van der Waals surface area contributed by atoms with Crippen LogP contribution in [0.3, 0.4) is 0 Å². The molecule has 0 unspecified atom stereocenters. The van der Waals surface area contributed by atoms with Crippen LogP contribution in [0.4, 0.5) is 0 Å². The number of amides is 1. The van der Waals surface area contributed by atoms with Crippen molar-refractivity contribution < 1.29 is 4.79 Å². The van der Waals surface area contributed by atoms with E-state index < -0.39 is 0 Å². The summed E-state index contributed by atoms with van der Waals surface area (Å²) in [6.07, 6.45) is 0.673. The fourth-order valence-corrected chi connectivity index (χ4v) is 4.43. The van der Waals surface area contributed by atoms with E-state index in [0.717, 1.165) is 32.4 Å². The highest BCUT2D eigenvalue weighted by atomic mass is 32.1. The topological polar surface area (TPSA) is 72.7 Å². The standard InChI is InChI=1S/C18H17N5OS2/c1-11-9-12(2)23(22-11)18-20-13(10-25-18)7-8-19-16(24)17-21-14-5-3-4-6-15(14)26-17/h3-6,9-10H,7-8H2,1-2H3,(H,19,24). The Hall–Kier alpha value is -2.58. The summed E-state index contributed by atoms with van der Waals surface area (Å²) in [5.74, 6) is -0.139. The van der Waals surface area contributed by atoms with Gasteiger partial charge in [-0.3, -0.25) is 4.79 Å². The highest BCUT2D eigenvalue weighted by Gasteiger charge is 2.12. The van der Waals surface area contributed by atoms with Gasteiger partial charge in [-0.15, -0.1) is 22.7 Å². The SMILES string of the molecule is Cc1cc(C)n(-c2nc(CCNC(=O)c3nc4ccccc4s3)cs2)n1. The number of thiazole rings is 2. The van der Waals surface area contributed by atoms with Crippen molar-refractivity contribution >= 4 is 38.8 Å². The molecule has 1 amide bonds. The van der Waals surface area contributed by atoms with Crippen molar-refractivity contribution in [3.05, 3.63) is 57.8 Å². The quantitative estimate of drug-likeness (QED) is 0.572. The van der Waals surface area contributed by atoms with E-state index in [2.05, 4.69) is 20.4 Å². The number of fused-ring (bicyclic) bond motifs is 1. The first-order valence-corrected chi connectivity index (χ1v) is 9.91. The number of carbonyl (C=O) groups is 1. The predicted molar refractivity (Wildman–Crippen MR) is 104 cm³/mol. The first-order chi connectivity index (χ1) is 12.6. The number of aromatic nitrogens is 4. The number of nitrogens with zero attached hydrogens (tertiary/aromatic N) is 4. The lowest BCUT2D eigenvalue weighted by molar-refractivity contribution is 0.0954. The Bertz CT molecular complexity index is 1050. The van der Waals surface area contributed by atoms with E-state index in [1.807, 2.05) is 54.2 Å². The molecule has 1 aromatic carbocycles. The van der Waals surface area contributed by atoms with Crippen LogP contribution in [0.5, 0.6) is 0 Å². The molecule has 0 saturated carbocycles. The highest BCUT2D eigenvalue weighted by molar-refractivity contribution is 7.20. The van der Waals surface area contributed by atoms with Crippen molar-refractivity contribution in [2.75, 3.05) is 6.54 Å². The lowest BCUT2D eigenvalue weighted by Gasteiger charge is -2.01. The van der Waals surface area contributed by atoms with Gasteiger partial charge in [0, 0.05) is 24.0 Å². The van der Waals surface area contributed by atoms with Gasteiger partial charge in [-0.1, -0.05) is 12.1 Å². The van der Waals surface area contributed by atoms with Gasteiger partial charge in [0.1, 0.15) is 0 Å². The molecule has 0 aliphatic rings. The van der Waals surface area contributed by atoms with Gasteiger partial charge in [0.05, 0.1) is 21.6 Å². The second kappa shape index (κ2) is 6.97. The lowest BCUT2D eigenvalue weighted by atomic mass is 10.3. The summed E-state index contributed by atoms with van der Waals surface area (Å²) in [6, 6.07) is 9.79. The Morgan fingerprint density at radius 2 is 2.08 bits per heavy atom. The lowest BCUT2D eigenvalue weighted by Crippen LogP contribution is -2.25. The molecule has 6 nitrogen and oxygen atoms in total. The van der Waals surface area contributed by atoms with E-state index >= 15 is 0 Å². The van der Waals surface area contributed by atoms with Gasteiger partial charge < -0.3 is 5.32 Å². The van der Waals surface area contributed by atoms with Crippen molar-refractivity contribution in [1.82, 2.24) is 25.1 Å². The van der Waals surface area contributed by atoms with Crippen LogP contribution in [0, 0.1) is 13.8 Å². The average Bonchev–Trinajstić information content (AvgIpc) is 3.32. The third kappa shape index (κ3) is 3.38. The average molecular weight is 384 g/mol. The van der Waals surface area contributed by atoms with Gasteiger partial charge in [-0.2, -0.15) is 5.10 Å². The van der Waals surface area contributed by atoms with Crippen LogP contribution in [0.15, 0.2) is 35.7 Å². The fraction of sp³-hybridized carbons (Fsp3) is 0.222. The minimum Gasteiger partial charge on any atom is -0.350 e. The molecule has 0 atom stereocenters. The van der Waals surface area contributed by atoms with E-state index in [1.165, 1.54) is 11.3 Å². The third-order valence-electron chi connectivity index (χ3n) is 3.89. The number of hydrogen-bond donors (Lipinski definition) is 1. The molecule has 0 fully saturated rings. The smallest absolute Gasteiger partial charge is 0.280 e. The Kier molecular flexibility index (Phi) is 4.52. The largest absolute Gasteiger partial charge is 0.350 e. The highest BCUT2D eigenvalue weighted by Crippen LogP contribution is 2.21. The molecule has 4 aromatic rings. The minimum atomic E-state index is -0.139. The molecule has 132 valence electrons. The number of para-hydroxylation sites is 1. The summed E-state index contributed by atoms with van der Waals surface area (Å²) in [5.41, 5.74) is 3.84. The van der Waals surface area contributed by atoms with Gasteiger partial charge in [0.15, 0.2) is 5.01 Å². The zero-order chi connectivity index (χ0) is 18.1. The van der Waals surface area contributed by atoms with E-state index in [0.29, 0.717) is 18.0 Å². The van der Waals surface area contributed by atoms with Crippen LogP contribution in [-0.2, 0) is 6.42 Å². The normalized spacial score (nSPS) is 11.2. The van der Waals surface area contributed by atoms with Gasteiger partial charge in [0.2, 0.25) is 5.13 Å². The first-order valence-electron chi connectivity index (χ1n) is 8.22. The van der Waals surface area contributed by atoms with Crippen LogP contribution in [0.25, 0.3) is 15.3 Å². The predicted octanol–water partition coefficient (Wildman–Crippen LogP) is 3.53. The monoisotopic (exact) mass is 383 g/mol. The Morgan fingerprint density at radius 1 is 1.23 bits per heavy atom. The Morgan fingerprint density at radius 3 is 2.85 bits per heavy atom. The van der Waals surface area contributed by atoms with Crippen LogP contribution in [-0.4, -0.2) is 32.2 Å². The van der Waals surface area contributed by atoms with E-state index in [4.69, 9.17) is 0 Å². The maximum absolute atomic E-state index is 12.3. The molecule has 0 aliphatic carbocycles. The molecule has 8 heteroatoms. The summed E-state index contributed by atoms with van der Waals surface area (Å²) >= 11 is 2.96. The molecule has 0 saturated heterocycles. The fourth-order valence-electron chi connectivity index (χ4n) is 2.68. The summed E-state index contributed by atoms with van der Waals surface area (Å²) in [4.78, 5) is 21.3. The molecule has 0 radical (unpaired) electrons. The first kappa shape index (κ1) is 16.9. The molecular formula is C18H17N5OS2. The zero-order valence-electron chi connectivity index (χ0n) is 14.4. The van der Waals surface area contributed by atoms with Gasteiger partial charge in [0.25, 0.3) is 5.91 Å². The van der Waals surface area contributed by atoms with Crippen molar-refractivity contribution in [3.8, 4) is 5.13 Å². The van der Waals surface area contributed by atoms with Crippen molar-refractivity contribution in [1.29, 1.82) is 0 Å². The van der Waals surface area contributed by atoms with Crippen LogP contribution >= 0.6 is 22.7 Å². The molecule has 3 heterocycles. The van der Waals surface area contributed by atoms with Crippen molar-refractivity contribution in [2.45, 2.75) is 20.3 Å². The Balaban J connectivity index is 1.37. The van der Waals surface area contributed by atoms with Crippen molar-refractivity contribution in [3.63, 3.8) is 0 Å². The van der Waals surface area contributed by atoms with E-state index in [-0.39, 0.29) is 5.91 Å². The Labute approximate surface area is 158 Å². The van der Waals surface area contributed by atoms with E-state index in [9.17, 15) is 4.79 Å². The minimum absolute atomic E-state index is 0.139. The second-order valence-electron chi connectivity index (χ2n) is 5.95. The number of hydrogen-bond acceptors (Lipinski definition) is 6. The van der Waals surface area contributed by atoms with E-state index in [1.54, 1.807) is 11.3 Å². The second-order valence-corrected chi connectivity index (χ2v) is 7.82. The summed E-state index contributed by atoms with van der Waals surface area (Å²) in [6.45, 7) is 4.50. The summed E-state index contributed by atoms with van der Waals surface area (Å²) in [7, 11) is 0. The van der Waals surface area contributed by atoms with Crippen LogP contribution < -0.4 is 5.32 Å². The van der Waals surface area contributed by atoms with Gasteiger partial charge in [-0.25, -0.2) is 14.6 Å². The van der Waals surface area contributed by atoms with Gasteiger partial charge in [-0.05, 0) is 32.0 Å². The molecule has 4 rings (SSSR count). The maximum Gasteiger partial charge on any atom is 0.280 e. The summed E-state index contributed by atoms with van der Waals surface area (Å²) in [5, 5.41) is 10.7. The number of benzene rings is 1. The third-order valence-corrected chi connectivity index (χ3v) is 5.79. The maximum atomic E-state index is 12.3. The molecule has 26 heavy (non-hydrogen) atoms. The number of carbonyl (C=O) groups excluding carboxylic acids is 1. The molecule has 0 spiro atoms. The number of aryl methyl sites for hydroxylation is 2. The molecule has 0 aliphatic heterocycles. The molecule has 0 bridgehead atoms. The number of nitrogens with one attached hydrogen (secondary N) is 1. The van der Waals surface area contributed by atoms with Crippen LogP contribution in [0.2, 0.25) is 0 Å². The van der Waals surface area contributed by atoms with Crippen molar-refractivity contribution in [2.24, 2.45) is 0 Å². The zero-order valence-corrected chi connectivity index (χ0v) is 16.0. The summed E-state index contributed by atoms with van der Waals surface area (Å²) < 4.78 is 2.87. The van der Waals surface area contributed by atoms with Gasteiger partial charge >= 0.3 is 0 Å². The molecule has 1 N–H and O–H groups in total. The molecule has 3 aromatic heterocycles. The molecular weight excluding hydrogens is 366 g/mol.